The van der Waals surface area contributed by atoms with Crippen LogP contribution in [0.5, 0.6) is 5.75 Å². The molecule has 3 atom stereocenters. The molecule has 1 N–H and O–H groups in total. The number of carbonyl (C=O) groups is 1. The Morgan fingerprint density at radius 3 is 2.81 bits per heavy atom. The van der Waals surface area contributed by atoms with E-state index in [1.807, 2.05) is 49.1 Å². The van der Waals surface area contributed by atoms with Crippen molar-refractivity contribution in [1.29, 1.82) is 0 Å². The van der Waals surface area contributed by atoms with Gasteiger partial charge in [0.2, 0.25) is 5.91 Å². The lowest BCUT2D eigenvalue weighted by Gasteiger charge is -2.41. The number of likely N-dealkylation sites (tertiary alicyclic amines) is 1. The van der Waals surface area contributed by atoms with Crippen molar-refractivity contribution in [1.82, 2.24) is 14.7 Å². The average Bonchev–Trinajstić information content (AvgIpc) is 3.18. The van der Waals surface area contributed by atoms with Gasteiger partial charge in [-0.05, 0) is 63.1 Å². The van der Waals surface area contributed by atoms with Gasteiger partial charge in [-0.25, -0.2) is 13.5 Å². The van der Waals surface area contributed by atoms with Gasteiger partial charge >= 0.3 is 0 Å². The fourth-order valence-corrected chi connectivity index (χ4v) is 4.90. The summed E-state index contributed by atoms with van der Waals surface area (Å²) < 4.78 is 34.3. The highest BCUT2D eigenvalue weighted by Gasteiger charge is 2.38. The molecule has 0 bridgehead atoms. The molecule has 174 valence electrons. The van der Waals surface area contributed by atoms with E-state index in [0.717, 1.165) is 36.4 Å². The van der Waals surface area contributed by atoms with Crippen LogP contribution in [-0.4, -0.2) is 52.8 Å². The molecule has 0 radical (unpaired) electrons. The van der Waals surface area contributed by atoms with Crippen LogP contribution in [0.4, 0.5) is 14.6 Å². The number of rotatable bonds is 7. The largest absolute Gasteiger partial charge is 0.494 e. The number of anilines is 1. The summed E-state index contributed by atoms with van der Waals surface area (Å²) in [5, 5.41) is 7.67. The minimum Gasteiger partial charge on any atom is -0.494 e. The number of ether oxygens (including phenoxy) is 1. The SMILES string of the molecule is CCOc1ccc(CCC(=O)N2CCC[C@@H]([C@@H]3C[C@H](C(F)F)n4nc(C)cc4N3)C2)cc1. The molecular formula is C24H32F2N4O2. The molecule has 1 aromatic carbocycles. The highest BCUT2D eigenvalue weighted by Crippen LogP contribution is 2.36. The summed E-state index contributed by atoms with van der Waals surface area (Å²) >= 11 is 0. The molecular weight excluding hydrogens is 414 g/mol. The number of amides is 1. The van der Waals surface area contributed by atoms with E-state index < -0.39 is 12.5 Å². The predicted octanol–water partition coefficient (Wildman–Crippen LogP) is 4.45. The Kier molecular flexibility index (Phi) is 6.96. The monoisotopic (exact) mass is 446 g/mol. The summed E-state index contributed by atoms with van der Waals surface area (Å²) in [5.41, 5.74) is 1.83. The van der Waals surface area contributed by atoms with Gasteiger partial charge in [-0.15, -0.1) is 0 Å². The second-order valence-electron chi connectivity index (χ2n) is 8.82. The first-order valence-electron chi connectivity index (χ1n) is 11.5. The maximum Gasteiger partial charge on any atom is 0.260 e. The van der Waals surface area contributed by atoms with Gasteiger partial charge in [0.25, 0.3) is 6.43 Å². The van der Waals surface area contributed by atoms with Crippen molar-refractivity contribution in [2.24, 2.45) is 5.92 Å². The van der Waals surface area contributed by atoms with Crippen LogP contribution >= 0.6 is 0 Å². The van der Waals surface area contributed by atoms with E-state index in [2.05, 4.69) is 10.4 Å². The lowest BCUT2D eigenvalue weighted by Crippen LogP contribution is -2.48. The smallest absolute Gasteiger partial charge is 0.260 e. The van der Waals surface area contributed by atoms with Gasteiger partial charge in [-0.3, -0.25) is 4.79 Å². The summed E-state index contributed by atoms with van der Waals surface area (Å²) in [6.45, 7) is 5.74. The number of alkyl halides is 2. The first-order valence-corrected chi connectivity index (χ1v) is 11.5. The second-order valence-corrected chi connectivity index (χ2v) is 8.82. The minimum atomic E-state index is -2.46. The van der Waals surface area contributed by atoms with Crippen LogP contribution in [0.1, 0.15) is 49.9 Å². The summed E-state index contributed by atoms with van der Waals surface area (Å²) in [7, 11) is 0. The van der Waals surface area contributed by atoms with Crippen molar-refractivity contribution in [2.75, 3.05) is 25.0 Å². The van der Waals surface area contributed by atoms with Crippen LogP contribution in [0.15, 0.2) is 30.3 Å². The van der Waals surface area contributed by atoms with Crippen LogP contribution in [0, 0.1) is 12.8 Å². The number of piperidine rings is 1. The number of halogens is 2. The van der Waals surface area contributed by atoms with Crippen molar-refractivity contribution >= 4 is 11.7 Å². The zero-order valence-electron chi connectivity index (χ0n) is 18.8. The van der Waals surface area contributed by atoms with E-state index >= 15 is 0 Å². The van der Waals surface area contributed by atoms with Crippen molar-refractivity contribution in [3.05, 3.63) is 41.6 Å². The first-order chi connectivity index (χ1) is 15.4. The Morgan fingerprint density at radius 2 is 2.09 bits per heavy atom. The Bertz CT molecular complexity index is 915. The highest BCUT2D eigenvalue weighted by atomic mass is 19.3. The molecule has 2 aliphatic rings. The van der Waals surface area contributed by atoms with E-state index in [0.29, 0.717) is 38.2 Å². The van der Waals surface area contributed by atoms with E-state index in [9.17, 15) is 13.6 Å². The molecule has 4 rings (SSSR count). The topological polar surface area (TPSA) is 59.4 Å². The minimum absolute atomic E-state index is 0.0840. The molecule has 0 spiro atoms. The van der Waals surface area contributed by atoms with Gasteiger partial charge in [-0.2, -0.15) is 5.10 Å². The Labute approximate surface area is 187 Å². The molecule has 1 fully saturated rings. The van der Waals surface area contributed by atoms with Crippen LogP contribution in [-0.2, 0) is 11.2 Å². The second kappa shape index (κ2) is 9.88. The number of aromatic nitrogens is 2. The van der Waals surface area contributed by atoms with Crippen molar-refractivity contribution in [3.63, 3.8) is 0 Å². The maximum atomic E-state index is 13.7. The Balaban J connectivity index is 1.35. The molecule has 0 aliphatic carbocycles. The fourth-order valence-electron chi connectivity index (χ4n) is 4.90. The predicted molar refractivity (Wildman–Crippen MR) is 119 cm³/mol. The number of nitrogens with one attached hydrogen (secondary N) is 1. The van der Waals surface area contributed by atoms with Gasteiger partial charge in [0.15, 0.2) is 0 Å². The van der Waals surface area contributed by atoms with Crippen molar-refractivity contribution in [2.45, 2.75) is 64.5 Å². The van der Waals surface area contributed by atoms with Gasteiger partial charge < -0.3 is 15.0 Å². The Morgan fingerprint density at radius 1 is 1.31 bits per heavy atom. The molecule has 2 aliphatic heterocycles. The number of carbonyl (C=O) groups excluding carboxylic acids is 1. The summed E-state index contributed by atoms with van der Waals surface area (Å²) in [4.78, 5) is 14.8. The lowest BCUT2D eigenvalue weighted by molar-refractivity contribution is -0.133. The number of fused-ring (bicyclic) bond motifs is 1. The molecule has 2 aromatic rings. The lowest BCUT2D eigenvalue weighted by atomic mass is 9.85. The van der Waals surface area contributed by atoms with Gasteiger partial charge in [-0.1, -0.05) is 12.1 Å². The third kappa shape index (κ3) is 5.05. The standard InChI is InChI=1S/C24H32F2N4O2/c1-3-32-19-9-6-17(7-10-19)8-11-23(31)29-12-4-5-18(15-29)20-14-21(24(25)26)30-22(27-20)13-16(2)28-30/h6-7,9-10,13,18,20-21,24,27H,3-5,8,11-12,14-15H2,1-2H3/t18-,20+,21-/m1/s1. The molecule has 0 saturated carbocycles. The van der Waals surface area contributed by atoms with Crippen molar-refractivity contribution < 1.29 is 18.3 Å². The summed E-state index contributed by atoms with van der Waals surface area (Å²) in [6.07, 6.45) is 0.821. The van der Waals surface area contributed by atoms with Gasteiger partial charge in [0.1, 0.15) is 17.6 Å². The number of hydrogen-bond donors (Lipinski definition) is 1. The molecule has 8 heteroatoms. The van der Waals surface area contributed by atoms with E-state index in [1.54, 1.807) is 0 Å². The maximum absolute atomic E-state index is 13.7. The van der Waals surface area contributed by atoms with E-state index in [4.69, 9.17) is 4.74 Å². The first kappa shape index (κ1) is 22.6. The van der Waals surface area contributed by atoms with Crippen LogP contribution in [0.2, 0.25) is 0 Å². The number of nitrogens with zero attached hydrogens (tertiary/aromatic N) is 3. The van der Waals surface area contributed by atoms with E-state index in [1.165, 1.54) is 4.68 Å². The van der Waals surface area contributed by atoms with E-state index in [-0.39, 0.29) is 17.9 Å². The van der Waals surface area contributed by atoms with Crippen LogP contribution < -0.4 is 10.1 Å². The molecule has 32 heavy (non-hydrogen) atoms. The number of hydrogen-bond acceptors (Lipinski definition) is 4. The number of benzene rings is 1. The zero-order valence-corrected chi connectivity index (χ0v) is 18.8. The van der Waals surface area contributed by atoms with Gasteiger partial charge in [0.05, 0.1) is 12.3 Å². The zero-order chi connectivity index (χ0) is 22.7. The normalized spacial score (nSPS) is 23.0. The van der Waals surface area contributed by atoms with Crippen LogP contribution in [0.25, 0.3) is 0 Å². The quantitative estimate of drug-likeness (QED) is 0.683. The third-order valence-corrected chi connectivity index (χ3v) is 6.53. The molecule has 1 amide bonds. The molecule has 1 saturated heterocycles. The van der Waals surface area contributed by atoms with Crippen molar-refractivity contribution in [3.8, 4) is 5.75 Å². The molecule has 1 aromatic heterocycles. The molecule has 3 heterocycles. The summed E-state index contributed by atoms with van der Waals surface area (Å²) in [6, 6.07) is 8.68. The summed E-state index contributed by atoms with van der Waals surface area (Å²) in [5.74, 6) is 1.78. The van der Waals surface area contributed by atoms with Crippen LogP contribution in [0.3, 0.4) is 0 Å². The molecule has 6 nitrogen and oxygen atoms in total. The third-order valence-electron chi connectivity index (χ3n) is 6.53. The fraction of sp³-hybridized carbons (Fsp3) is 0.583. The molecule has 0 unspecified atom stereocenters. The average molecular weight is 447 g/mol. The number of aryl methyl sites for hydroxylation is 2. The van der Waals surface area contributed by atoms with Gasteiger partial charge in [0, 0.05) is 31.6 Å². The highest BCUT2D eigenvalue weighted by molar-refractivity contribution is 5.76. The Hall–Kier alpha value is -2.64.